The fourth-order valence-electron chi connectivity index (χ4n) is 4.55. The molecule has 2 aromatic carbocycles. The Morgan fingerprint density at radius 3 is 2.41 bits per heavy atom. The van der Waals surface area contributed by atoms with E-state index in [0.29, 0.717) is 11.6 Å². The van der Waals surface area contributed by atoms with E-state index >= 15 is 0 Å². The molecule has 2 aliphatic rings. The van der Waals surface area contributed by atoms with Crippen molar-refractivity contribution in [2.45, 2.75) is 32.2 Å². The number of benzene rings is 2. The van der Waals surface area contributed by atoms with E-state index in [0.717, 1.165) is 25.1 Å². The zero-order valence-electron chi connectivity index (χ0n) is 18.6. The van der Waals surface area contributed by atoms with Gasteiger partial charge in [0.25, 0.3) is 0 Å². The van der Waals surface area contributed by atoms with Gasteiger partial charge < -0.3 is 9.80 Å². The number of nitrogens with zero attached hydrogens (tertiary/aromatic N) is 3. The molecule has 32 heavy (non-hydrogen) atoms. The Labute approximate surface area is 189 Å². The zero-order valence-corrected chi connectivity index (χ0v) is 18.6. The molecule has 1 saturated heterocycles. The standard InChI is InChI=1S/C21H25N3O.C6H5F/c1-2-23-11-8-19(9-12-23)24-13-7-16-5-6-17(14-20(16)24)21(25)18-4-3-10-22-15-18;7-6-4-2-1-3-5-6/h3-6,10,14-15,19H,2,7-9,11-13H2,1H3;1-5H. The van der Waals surface area contributed by atoms with Crippen LogP contribution in [0.15, 0.2) is 73.1 Å². The minimum Gasteiger partial charge on any atom is -0.368 e. The first-order valence-electron chi connectivity index (χ1n) is 11.4. The number of piperidine rings is 1. The van der Waals surface area contributed by atoms with Gasteiger partial charge in [-0.15, -0.1) is 0 Å². The lowest BCUT2D eigenvalue weighted by Crippen LogP contribution is -2.44. The zero-order chi connectivity index (χ0) is 22.3. The van der Waals surface area contributed by atoms with Gasteiger partial charge in [-0.2, -0.15) is 0 Å². The van der Waals surface area contributed by atoms with E-state index in [4.69, 9.17) is 0 Å². The van der Waals surface area contributed by atoms with E-state index in [1.807, 2.05) is 18.2 Å². The average molecular weight is 432 g/mol. The van der Waals surface area contributed by atoms with Gasteiger partial charge in [0.05, 0.1) is 0 Å². The van der Waals surface area contributed by atoms with Crippen LogP contribution in [0, 0.1) is 5.82 Å². The Hall–Kier alpha value is -3.05. The van der Waals surface area contributed by atoms with Crippen LogP contribution in [-0.2, 0) is 6.42 Å². The van der Waals surface area contributed by atoms with E-state index in [-0.39, 0.29) is 11.6 Å². The Bertz CT molecular complexity index is 1020. The minimum absolute atomic E-state index is 0.0588. The lowest BCUT2D eigenvalue weighted by atomic mass is 10.00. The fraction of sp³-hybridized carbons (Fsp3) is 0.333. The number of likely N-dealkylation sites (tertiary alicyclic amines) is 1. The lowest BCUT2D eigenvalue weighted by molar-refractivity contribution is 0.103. The molecule has 1 fully saturated rings. The summed E-state index contributed by atoms with van der Waals surface area (Å²) >= 11 is 0. The van der Waals surface area contributed by atoms with Crippen LogP contribution in [0.1, 0.15) is 41.3 Å². The minimum atomic E-state index is -0.178. The van der Waals surface area contributed by atoms with Gasteiger partial charge in [-0.3, -0.25) is 9.78 Å². The normalized spacial score (nSPS) is 16.2. The van der Waals surface area contributed by atoms with Crippen LogP contribution in [0.5, 0.6) is 0 Å². The molecule has 1 aromatic heterocycles. The third-order valence-corrected chi connectivity index (χ3v) is 6.38. The number of ketones is 1. The second-order valence-corrected chi connectivity index (χ2v) is 8.32. The molecule has 0 spiro atoms. The monoisotopic (exact) mass is 431 g/mol. The molecule has 0 bridgehead atoms. The maximum absolute atomic E-state index is 12.7. The Morgan fingerprint density at radius 1 is 1.00 bits per heavy atom. The van der Waals surface area contributed by atoms with Crippen molar-refractivity contribution in [2.24, 2.45) is 0 Å². The highest BCUT2D eigenvalue weighted by Gasteiger charge is 2.29. The average Bonchev–Trinajstić information content (AvgIpc) is 3.28. The smallest absolute Gasteiger partial charge is 0.194 e. The van der Waals surface area contributed by atoms with Gasteiger partial charge in [-0.05, 0) is 61.7 Å². The molecular formula is C27H30FN3O. The van der Waals surface area contributed by atoms with Crippen molar-refractivity contribution in [3.63, 3.8) is 0 Å². The lowest BCUT2D eigenvalue weighted by Gasteiger charge is -2.37. The maximum atomic E-state index is 12.7. The molecule has 0 saturated carbocycles. The number of hydrogen-bond acceptors (Lipinski definition) is 4. The third kappa shape index (κ3) is 5.22. The van der Waals surface area contributed by atoms with Gasteiger partial charge in [-0.25, -0.2) is 4.39 Å². The second-order valence-electron chi connectivity index (χ2n) is 8.32. The van der Waals surface area contributed by atoms with E-state index < -0.39 is 0 Å². The molecule has 166 valence electrons. The van der Waals surface area contributed by atoms with E-state index in [1.54, 1.807) is 30.6 Å². The SMILES string of the molecule is CCN1CCC(N2CCc3ccc(C(=O)c4cccnc4)cc32)CC1.Fc1ccccc1. The summed E-state index contributed by atoms with van der Waals surface area (Å²) in [5.41, 5.74) is 4.07. The molecular weight excluding hydrogens is 401 g/mol. The number of rotatable bonds is 4. The number of anilines is 1. The summed E-state index contributed by atoms with van der Waals surface area (Å²) < 4.78 is 11.9. The molecule has 0 aliphatic carbocycles. The Kier molecular flexibility index (Phi) is 7.28. The van der Waals surface area contributed by atoms with E-state index in [9.17, 15) is 9.18 Å². The van der Waals surface area contributed by atoms with Crippen LogP contribution in [-0.4, -0.2) is 47.9 Å². The summed E-state index contributed by atoms with van der Waals surface area (Å²) in [5.74, 6) is -0.119. The second kappa shape index (κ2) is 10.5. The number of carbonyl (C=O) groups excluding carboxylic acids is 1. The Morgan fingerprint density at radius 2 is 1.78 bits per heavy atom. The van der Waals surface area contributed by atoms with Crippen molar-refractivity contribution in [3.05, 3.63) is 95.6 Å². The molecule has 0 atom stereocenters. The number of halogens is 1. The van der Waals surface area contributed by atoms with Crippen LogP contribution in [0.25, 0.3) is 0 Å². The van der Waals surface area contributed by atoms with Gasteiger partial charge in [0, 0.05) is 54.9 Å². The predicted molar refractivity (Wildman–Crippen MR) is 127 cm³/mol. The molecule has 5 rings (SSSR count). The van der Waals surface area contributed by atoms with Crippen molar-refractivity contribution < 1.29 is 9.18 Å². The summed E-state index contributed by atoms with van der Waals surface area (Å²) in [6.45, 7) is 6.83. The number of carbonyl (C=O) groups is 1. The number of fused-ring (bicyclic) bond motifs is 1. The first kappa shape index (κ1) is 22.2. The van der Waals surface area contributed by atoms with Gasteiger partial charge in [-0.1, -0.05) is 37.3 Å². The molecule has 5 heteroatoms. The van der Waals surface area contributed by atoms with Crippen LogP contribution in [0.2, 0.25) is 0 Å². The van der Waals surface area contributed by atoms with Crippen LogP contribution < -0.4 is 4.90 Å². The van der Waals surface area contributed by atoms with Gasteiger partial charge in [0.2, 0.25) is 0 Å². The van der Waals surface area contributed by atoms with Gasteiger partial charge in [0.15, 0.2) is 5.78 Å². The molecule has 0 unspecified atom stereocenters. The Balaban J connectivity index is 0.000000300. The van der Waals surface area contributed by atoms with Gasteiger partial charge in [0.1, 0.15) is 5.82 Å². The molecule has 3 heterocycles. The molecule has 0 amide bonds. The van der Waals surface area contributed by atoms with E-state index in [2.05, 4.69) is 33.8 Å². The largest absolute Gasteiger partial charge is 0.368 e. The molecule has 4 nitrogen and oxygen atoms in total. The van der Waals surface area contributed by atoms with Gasteiger partial charge >= 0.3 is 0 Å². The van der Waals surface area contributed by atoms with Crippen LogP contribution >= 0.6 is 0 Å². The summed E-state index contributed by atoms with van der Waals surface area (Å²) in [7, 11) is 0. The van der Waals surface area contributed by atoms with Crippen LogP contribution in [0.4, 0.5) is 10.1 Å². The summed E-state index contributed by atoms with van der Waals surface area (Å²) in [5, 5.41) is 0. The number of pyridine rings is 1. The third-order valence-electron chi connectivity index (χ3n) is 6.38. The fourth-order valence-corrected chi connectivity index (χ4v) is 4.55. The predicted octanol–water partition coefficient (Wildman–Crippen LogP) is 4.99. The molecule has 2 aliphatic heterocycles. The molecule has 0 N–H and O–H groups in total. The van der Waals surface area contributed by atoms with E-state index in [1.165, 1.54) is 49.3 Å². The highest BCUT2D eigenvalue weighted by atomic mass is 19.1. The molecule has 0 radical (unpaired) electrons. The highest BCUT2D eigenvalue weighted by molar-refractivity contribution is 6.09. The first-order valence-corrected chi connectivity index (χ1v) is 11.4. The quantitative estimate of drug-likeness (QED) is 0.546. The van der Waals surface area contributed by atoms with Crippen molar-refractivity contribution >= 4 is 11.5 Å². The summed E-state index contributed by atoms with van der Waals surface area (Å²) in [6, 6.07) is 18.4. The summed E-state index contributed by atoms with van der Waals surface area (Å²) in [6.07, 6.45) is 6.87. The number of hydrogen-bond donors (Lipinski definition) is 0. The van der Waals surface area contributed by atoms with Crippen molar-refractivity contribution in [2.75, 3.05) is 31.1 Å². The summed E-state index contributed by atoms with van der Waals surface area (Å²) in [4.78, 5) is 21.9. The maximum Gasteiger partial charge on any atom is 0.194 e. The topological polar surface area (TPSA) is 36.4 Å². The number of aromatic nitrogens is 1. The van der Waals surface area contributed by atoms with Crippen molar-refractivity contribution in [1.82, 2.24) is 9.88 Å². The highest BCUT2D eigenvalue weighted by Crippen LogP contribution is 2.34. The van der Waals surface area contributed by atoms with Crippen molar-refractivity contribution in [3.8, 4) is 0 Å². The first-order chi connectivity index (χ1) is 15.7. The molecule has 3 aromatic rings. The van der Waals surface area contributed by atoms with Crippen molar-refractivity contribution in [1.29, 1.82) is 0 Å². The van der Waals surface area contributed by atoms with Crippen LogP contribution in [0.3, 0.4) is 0 Å².